The maximum absolute atomic E-state index is 12.7. The predicted molar refractivity (Wildman–Crippen MR) is 48.0 cm³/mol. The van der Waals surface area contributed by atoms with Crippen molar-refractivity contribution in [1.82, 2.24) is 5.43 Å². The van der Waals surface area contributed by atoms with Gasteiger partial charge in [0.05, 0.1) is 11.2 Å². The standard InChI is InChI=1S/C8H7ClF2N2/c1-12-13-4-5-2-7(10)8(11)3-6(5)9/h2-4,12H,1H3/b13-4+. The molecular weight excluding hydrogens is 198 g/mol. The third-order valence-corrected chi connectivity index (χ3v) is 1.70. The molecule has 0 aliphatic heterocycles. The molecule has 0 fully saturated rings. The molecule has 0 aliphatic rings. The lowest BCUT2D eigenvalue weighted by molar-refractivity contribution is 0.508. The molecule has 0 atom stereocenters. The number of hydrogen-bond acceptors (Lipinski definition) is 2. The highest BCUT2D eigenvalue weighted by Crippen LogP contribution is 2.18. The summed E-state index contributed by atoms with van der Waals surface area (Å²) in [7, 11) is 1.59. The molecule has 2 nitrogen and oxygen atoms in total. The Morgan fingerprint density at radius 2 is 2.00 bits per heavy atom. The smallest absolute Gasteiger partial charge is 0.160 e. The van der Waals surface area contributed by atoms with Crippen molar-refractivity contribution < 1.29 is 8.78 Å². The highest BCUT2D eigenvalue weighted by atomic mass is 35.5. The number of nitrogens with zero attached hydrogens (tertiary/aromatic N) is 1. The van der Waals surface area contributed by atoms with E-state index in [1.807, 2.05) is 0 Å². The van der Waals surface area contributed by atoms with Gasteiger partial charge in [-0.2, -0.15) is 5.10 Å². The Hall–Kier alpha value is -1.16. The van der Waals surface area contributed by atoms with E-state index in [1.54, 1.807) is 7.05 Å². The van der Waals surface area contributed by atoms with Crippen molar-refractivity contribution in [3.63, 3.8) is 0 Å². The van der Waals surface area contributed by atoms with Crippen LogP contribution in [0.15, 0.2) is 17.2 Å². The van der Waals surface area contributed by atoms with Crippen molar-refractivity contribution in [3.05, 3.63) is 34.4 Å². The zero-order chi connectivity index (χ0) is 9.84. The van der Waals surface area contributed by atoms with E-state index in [4.69, 9.17) is 11.6 Å². The largest absolute Gasteiger partial charge is 0.313 e. The van der Waals surface area contributed by atoms with Gasteiger partial charge in [-0.1, -0.05) is 11.6 Å². The van der Waals surface area contributed by atoms with Gasteiger partial charge in [0.2, 0.25) is 0 Å². The predicted octanol–water partition coefficient (Wildman–Crippen LogP) is 2.17. The lowest BCUT2D eigenvalue weighted by Crippen LogP contribution is -1.96. The lowest BCUT2D eigenvalue weighted by atomic mass is 10.2. The van der Waals surface area contributed by atoms with Gasteiger partial charge in [0.1, 0.15) is 0 Å². The first-order valence-corrected chi connectivity index (χ1v) is 3.87. The minimum atomic E-state index is -0.966. The Labute approximate surface area is 79.2 Å². The van der Waals surface area contributed by atoms with Gasteiger partial charge in [-0.15, -0.1) is 0 Å². The van der Waals surface area contributed by atoms with E-state index >= 15 is 0 Å². The molecule has 0 heterocycles. The minimum Gasteiger partial charge on any atom is -0.313 e. The first-order valence-electron chi connectivity index (χ1n) is 3.49. The summed E-state index contributed by atoms with van der Waals surface area (Å²) in [6.07, 6.45) is 1.31. The van der Waals surface area contributed by atoms with Gasteiger partial charge in [-0.25, -0.2) is 8.78 Å². The molecule has 0 unspecified atom stereocenters. The van der Waals surface area contributed by atoms with E-state index in [9.17, 15) is 8.78 Å². The van der Waals surface area contributed by atoms with Crippen LogP contribution in [0, 0.1) is 11.6 Å². The summed E-state index contributed by atoms with van der Waals surface area (Å²) in [6, 6.07) is 1.90. The molecule has 5 heteroatoms. The molecule has 1 N–H and O–H groups in total. The van der Waals surface area contributed by atoms with E-state index in [-0.39, 0.29) is 5.02 Å². The van der Waals surface area contributed by atoms with Crippen molar-refractivity contribution in [2.45, 2.75) is 0 Å². The second kappa shape index (κ2) is 4.18. The zero-order valence-corrected chi connectivity index (χ0v) is 7.57. The number of rotatable bonds is 2. The molecule has 1 aromatic carbocycles. The zero-order valence-electron chi connectivity index (χ0n) is 6.81. The topological polar surface area (TPSA) is 24.4 Å². The van der Waals surface area contributed by atoms with E-state index in [2.05, 4.69) is 10.5 Å². The first kappa shape index (κ1) is 9.92. The molecule has 1 aromatic rings. The molecule has 0 bridgehead atoms. The summed E-state index contributed by atoms with van der Waals surface area (Å²) < 4.78 is 25.2. The third kappa shape index (κ3) is 2.39. The van der Waals surface area contributed by atoms with Gasteiger partial charge in [0, 0.05) is 12.6 Å². The number of hydrazone groups is 1. The molecule has 0 saturated carbocycles. The monoisotopic (exact) mass is 204 g/mol. The van der Waals surface area contributed by atoms with E-state index in [1.165, 1.54) is 6.21 Å². The lowest BCUT2D eigenvalue weighted by Gasteiger charge is -1.98. The summed E-state index contributed by atoms with van der Waals surface area (Å²) in [5, 5.41) is 3.75. The fraction of sp³-hybridized carbons (Fsp3) is 0.125. The molecule has 0 aliphatic carbocycles. The van der Waals surface area contributed by atoms with Crippen LogP contribution in [0.5, 0.6) is 0 Å². The van der Waals surface area contributed by atoms with Crippen molar-refractivity contribution >= 4 is 17.8 Å². The summed E-state index contributed by atoms with van der Waals surface area (Å²) >= 11 is 5.61. The van der Waals surface area contributed by atoms with Gasteiger partial charge < -0.3 is 5.43 Å². The Morgan fingerprint density at radius 1 is 1.38 bits per heavy atom. The molecule has 70 valence electrons. The minimum absolute atomic E-state index is 0.123. The summed E-state index contributed by atoms with van der Waals surface area (Å²) in [4.78, 5) is 0. The highest BCUT2D eigenvalue weighted by molar-refractivity contribution is 6.33. The summed E-state index contributed by atoms with van der Waals surface area (Å²) in [5.74, 6) is -1.91. The van der Waals surface area contributed by atoms with E-state index < -0.39 is 11.6 Å². The maximum Gasteiger partial charge on any atom is 0.160 e. The highest BCUT2D eigenvalue weighted by Gasteiger charge is 2.06. The molecule has 0 spiro atoms. The normalized spacial score (nSPS) is 10.8. The van der Waals surface area contributed by atoms with Crippen LogP contribution < -0.4 is 5.43 Å². The number of nitrogens with one attached hydrogen (secondary N) is 1. The van der Waals surface area contributed by atoms with Crippen LogP contribution in [-0.4, -0.2) is 13.3 Å². The molecule has 0 saturated heterocycles. The Kier molecular flexibility index (Phi) is 3.19. The second-order valence-electron chi connectivity index (χ2n) is 2.27. The quantitative estimate of drug-likeness (QED) is 0.446. The van der Waals surface area contributed by atoms with E-state index in [0.29, 0.717) is 5.56 Å². The van der Waals surface area contributed by atoms with E-state index in [0.717, 1.165) is 12.1 Å². The number of hydrogen-bond donors (Lipinski definition) is 1. The first-order chi connectivity index (χ1) is 6.15. The van der Waals surface area contributed by atoms with Crippen molar-refractivity contribution in [2.24, 2.45) is 5.10 Å². The fourth-order valence-electron chi connectivity index (χ4n) is 0.771. The average Bonchev–Trinajstić information content (AvgIpc) is 2.09. The van der Waals surface area contributed by atoms with Crippen LogP contribution in [-0.2, 0) is 0 Å². The van der Waals surface area contributed by atoms with Crippen LogP contribution in [0.3, 0.4) is 0 Å². The van der Waals surface area contributed by atoms with Gasteiger partial charge >= 0.3 is 0 Å². The Bertz CT molecular complexity index is 339. The van der Waals surface area contributed by atoms with Gasteiger partial charge in [-0.05, 0) is 12.1 Å². The van der Waals surface area contributed by atoms with Crippen LogP contribution in [0.25, 0.3) is 0 Å². The fourth-order valence-corrected chi connectivity index (χ4v) is 0.970. The summed E-state index contributed by atoms with van der Waals surface area (Å²) in [5.41, 5.74) is 2.80. The third-order valence-electron chi connectivity index (χ3n) is 1.37. The van der Waals surface area contributed by atoms with Crippen LogP contribution in [0.2, 0.25) is 5.02 Å². The number of halogens is 3. The molecule has 0 aromatic heterocycles. The van der Waals surface area contributed by atoms with Crippen LogP contribution in [0.4, 0.5) is 8.78 Å². The summed E-state index contributed by atoms with van der Waals surface area (Å²) in [6.45, 7) is 0. The van der Waals surface area contributed by atoms with Gasteiger partial charge in [-0.3, -0.25) is 0 Å². The van der Waals surface area contributed by atoms with Crippen LogP contribution in [0.1, 0.15) is 5.56 Å². The van der Waals surface area contributed by atoms with Crippen molar-refractivity contribution in [3.8, 4) is 0 Å². The Morgan fingerprint density at radius 3 is 2.62 bits per heavy atom. The Balaban J connectivity index is 3.08. The second-order valence-corrected chi connectivity index (χ2v) is 2.68. The SMILES string of the molecule is CN/N=C/c1cc(F)c(F)cc1Cl. The average molecular weight is 205 g/mol. The maximum atomic E-state index is 12.7. The van der Waals surface area contributed by atoms with Crippen LogP contribution >= 0.6 is 11.6 Å². The van der Waals surface area contributed by atoms with Gasteiger partial charge in [0.15, 0.2) is 11.6 Å². The van der Waals surface area contributed by atoms with Gasteiger partial charge in [0.25, 0.3) is 0 Å². The molecule has 13 heavy (non-hydrogen) atoms. The number of benzene rings is 1. The molecule has 0 radical (unpaired) electrons. The van der Waals surface area contributed by atoms with Crippen molar-refractivity contribution in [2.75, 3.05) is 7.05 Å². The molecule has 1 rings (SSSR count). The molecule has 0 amide bonds. The van der Waals surface area contributed by atoms with Crippen molar-refractivity contribution in [1.29, 1.82) is 0 Å². The molecular formula is C8H7ClF2N2.